The van der Waals surface area contributed by atoms with Gasteiger partial charge < -0.3 is 16.2 Å². The summed E-state index contributed by atoms with van der Waals surface area (Å²) in [6.07, 6.45) is 1.74. The first-order chi connectivity index (χ1) is 7.13. The summed E-state index contributed by atoms with van der Waals surface area (Å²) in [4.78, 5) is 0. The molecule has 0 fully saturated rings. The van der Waals surface area contributed by atoms with E-state index in [4.69, 9.17) is 10.8 Å². The Labute approximate surface area is 98.8 Å². The summed E-state index contributed by atoms with van der Waals surface area (Å²) in [5, 5.41) is 12.0. The van der Waals surface area contributed by atoms with Gasteiger partial charge in [0.15, 0.2) is 0 Å². The van der Waals surface area contributed by atoms with E-state index < -0.39 is 0 Å². The Bertz CT molecular complexity index is 317. The van der Waals surface area contributed by atoms with Gasteiger partial charge in [-0.2, -0.15) is 0 Å². The minimum Gasteiger partial charge on any atom is -0.397 e. The average molecular weight is 273 g/mol. The minimum absolute atomic E-state index is 0.236. The van der Waals surface area contributed by atoms with E-state index in [0.717, 1.165) is 28.7 Å². The van der Waals surface area contributed by atoms with E-state index in [1.165, 1.54) is 0 Å². The van der Waals surface area contributed by atoms with Crippen LogP contribution in [-0.4, -0.2) is 17.8 Å². The maximum absolute atomic E-state index is 8.72. The number of benzene rings is 1. The fourth-order valence-electron chi connectivity index (χ4n) is 1.39. The fraction of sp³-hybridized carbons (Fsp3) is 0.455. The van der Waals surface area contributed by atoms with E-state index in [2.05, 4.69) is 28.2 Å². The van der Waals surface area contributed by atoms with Crippen LogP contribution in [0.3, 0.4) is 0 Å². The van der Waals surface area contributed by atoms with Gasteiger partial charge >= 0.3 is 0 Å². The highest BCUT2D eigenvalue weighted by Gasteiger charge is 2.04. The van der Waals surface area contributed by atoms with E-state index in [1.54, 1.807) is 0 Å². The van der Waals surface area contributed by atoms with E-state index >= 15 is 0 Å². The van der Waals surface area contributed by atoms with E-state index in [9.17, 15) is 0 Å². The van der Waals surface area contributed by atoms with Crippen molar-refractivity contribution < 1.29 is 5.11 Å². The molecule has 0 aliphatic carbocycles. The molecule has 0 saturated heterocycles. The van der Waals surface area contributed by atoms with E-state index in [1.807, 2.05) is 18.2 Å². The van der Waals surface area contributed by atoms with Gasteiger partial charge in [0.2, 0.25) is 0 Å². The Morgan fingerprint density at radius 1 is 1.53 bits per heavy atom. The first kappa shape index (κ1) is 12.3. The maximum Gasteiger partial charge on any atom is 0.0587 e. The van der Waals surface area contributed by atoms with Crippen LogP contribution in [0.2, 0.25) is 0 Å². The smallest absolute Gasteiger partial charge is 0.0587 e. The predicted octanol–water partition coefficient (Wildman–Crippen LogP) is 2.60. The summed E-state index contributed by atoms with van der Waals surface area (Å²) in [6.45, 7) is 2.32. The number of halogens is 1. The quantitative estimate of drug-likeness (QED) is 0.723. The van der Waals surface area contributed by atoms with Crippen molar-refractivity contribution in [2.75, 3.05) is 17.7 Å². The van der Waals surface area contributed by atoms with Gasteiger partial charge in [0.05, 0.1) is 11.4 Å². The van der Waals surface area contributed by atoms with Crippen LogP contribution >= 0.6 is 15.9 Å². The topological polar surface area (TPSA) is 58.3 Å². The van der Waals surface area contributed by atoms with Crippen molar-refractivity contribution in [3.8, 4) is 0 Å². The molecule has 4 heteroatoms. The van der Waals surface area contributed by atoms with Gasteiger partial charge in [0, 0.05) is 17.1 Å². The summed E-state index contributed by atoms with van der Waals surface area (Å²) >= 11 is 3.40. The van der Waals surface area contributed by atoms with Crippen LogP contribution in [0, 0.1) is 0 Å². The van der Waals surface area contributed by atoms with Crippen molar-refractivity contribution in [2.45, 2.75) is 25.8 Å². The zero-order valence-corrected chi connectivity index (χ0v) is 10.4. The molecule has 1 aromatic carbocycles. The van der Waals surface area contributed by atoms with Crippen molar-refractivity contribution in [1.82, 2.24) is 0 Å². The second-order valence-corrected chi connectivity index (χ2v) is 4.56. The Kier molecular flexibility index (Phi) is 4.91. The van der Waals surface area contributed by atoms with Gasteiger partial charge in [-0.05, 0) is 38.0 Å². The van der Waals surface area contributed by atoms with Crippen molar-refractivity contribution in [3.05, 3.63) is 22.7 Å². The number of nitrogens with two attached hydrogens (primary N) is 1. The molecule has 1 rings (SSSR count). The van der Waals surface area contributed by atoms with E-state index in [-0.39, 0.29) is 6.61 Å². The second-order valence-electron chi connectivity index (χ2n) is 3.64. The number of anilines is 2. The zero-order valence-electron chi connectivity index (χ0n) is 8.83. The molecule has 0 radical (unpaired) electrons. The number of aliphatic hydroxyl groups excluding tert-OH is 1. The Hall–Kier alpha value is -0.740. The zero-order chi connectivity index (χ0) is 11.3. The molecule has 3 nitrogen and oxygen atoms in total. The van der Waals surface area contributed by atoms with Crippen LogP contribution < -0.4 is 11.1 Å². The van der Waals surface area contributed by atoms with E-state index in [0.29, 0.717) is 6.04 Å². The fourth-order valence-corrected chi connectivity index (χ4v) is 1.75. The minimum atomic E-state index is 0.236. The summed E-state index contributed by atoms with van der Waals surface area (Å²) in [6, 6.07) is 6.06. The highest BCUT2D eigenvalue weighted by Crippen LogP contribution is 2.24. The third-order valence-corrected chi connectivity index (χ3v) is 2.71. The molecule has 0 aliphatic heterocycles. The summed E-state index contributed by atoms with van der Waals surface area (Å²) in [5.74, 6) is 0. The first-order valence-corrected chi connectivity index (χ1v) is 5.85. The van der Waals surface area contributed by atoms with Crippen molar-refractivity contribution in [1.29, 1.82) is 0 Å². The molecule has 0 aliphatic rings. The molecule has 15 heavy (non-hydrogen) atoms. The first-order valence-electron chi connectivity index (χ1n) is 5.06. The number of rotatable bonds is 5. The SMILES string of the molecule is CC(CCCO)Nc1cc(Br)ccc1N. The molecule has 0 saturated carbocycles. The van der Waals surface area contributed by atoms with Crippen molar-refractivity contribution in [2.24, 2.45) is 0 Å². The molecule has 0 spiro atoms. The Morgan fingerprint density at radius 2 is 2.27 bits per heavy atom. The van der Waals surface area contributed by atoms with Crippen molar-refractivity contribution in [3.63, 3.8) is 0 Å². The molecule has 4 N–H and O–H groups in total. The van der Waals surface area contributed by atoms with Gasteiger partial charge in [-0.3, -0.25) is 0 Å². The van der Waals surface area contributed by atoms with Crippen LogP contribution in [0.25, 0.3) is 0 Å². The van der Waals surface area contributed by atoms with Gasteiger partial charge in [0.1, 0.15) is 0 Å². The summed E-state index contributed by atoms with van der Waals surface area (Å²) in [7, 11) is 0. The monoisotopic (exact) mass is 272 g/mol. The average Bonchev–Trinajstić information content (AvgIpc) is 2.20. The molecule has 1 atom stereocenters. The second kappa shape index (κ2) is 5.98. The number of nitrogen functional groups attached to an aromatic ring is 1. The Morgan fingerprint density at radius 3 is 2.93 bits per heavy atom. The number of aliphatic hydroxyl groups is 1. The highest BCUT2D eigenvalue weighted by atomic mass is 79.9. The molecule has 1 unspecified atom stereocenters. The van der Waals surface area contributed by atoms with Crippen LogP contribution in [0.15, 0.2) is 22.7 Å². The van der Waals surface area contributed by atoms with Gasteiger partial charge in [-0.15, -0.1) is 0 Å². The molecule has 84 valence electrons. The Balaban J connectivity index is 2.59. The lowest BCUT2D eigenvalue weighted by atomic mass is 10.1. The molecule has 1 aromatic rings. The van der Waals surface area contributed by atoms with Crippen LogP contribution in [0.5, 0.6) is 0 Å². The molecule has 0 bridgehead atoms. The number of nitrogens with one attached hydrogen (secondary N) is 1. The molecule has 0 amide bonds. The van der Waals surface area contributed by atoms with Crippen LogP contribution in [0.4, 0.5) is 11.4 Å². The highest BCUT2D eigenvalue weighted by molar-refractivity contribution is 9.10. The lowest BCUT2D eigenvalue weighted by Gasteiger charge is -2.16. The molecule has 0 aromatic heterocycles. The molecular weight excluding hydrogens is 256 g/mol. The van der Waals surface area contributed by atoms with Gasteiger partial charge in [0.25, 0.3) is 0 Å². The largest absolute Gasteiger partial charge is 0.397 e. The number of hydrogen-bond donors (Lipinski definition) is 3. The maximum atomic E-state index is 8.72. The predicted molar refractivity (Wildman–Crippen MR) is 68.0 cm³/mol. The lowest BCUT2D eigenvalue weighted by molar-refractivity contribution is 0.282. The molecule has 0 heterocycles. The van der Waals surface area contributed by atoms with Crippen LogP contribution in [0.1, 0.15) is 19.8 Å². The summed E-state index contributed by atoms with van der Waals surface area (Å²) in [5.41, 5.74) is 7.52. The normalized spacial score (nSPS) is 12.5. The third-order valence-electron chi connectivity index (χ3n) is 2.21. The van der Waals surface area contributed by atoms with Gasteiger partial charge in [-0.25, -0.2) is 0 Å². The molecular formula is C11H17BrN2O. The summed E-state index contributed by atoms with van der Waals surface area (Å²) < 4.78 is 1.01. The van der Waals surface area contributed by atoms with Gasteiger partial charge in [-0.1, -0.05) is 15.9 Å². The van der Waals surface area contributed by atoms with Crippen LogP contribution in [-0.2, 0) is 0 Å². The standard InChI is InChI=1S/C11H17BrN2O/c1-8(3-2-6-15)14-11-7-9(12)4-5-10(11)13/h4-5,7-8,14-15H,2-3,6,13H2,1H3. The lowest BCUT2D eigenvalue weighted by Crippen LogP contribution is -2.16. The third kappa shape index (κ3) is 4.10. The van der Waals surface area contributed by atoms with Crippen molar-refractivity contribution >= 4 is 27.3 Å². The number of hydrogen-bond acceptors (Lipinski definition) is 3.